The number of fused-ring (bicyclic) bond motifs is 13. The first-order valence-corrected chi connectivity index (χ1v) is 18.5. The molecule has 0 aliphatic rings. The van der Waals surface area contributed by atoms with E-state index in [0.717, 1.165) is 33.8 Å². The minimum Gasteiger partial charge on any atom is -0.308 e. The van der Waals surface area contributed by atoms with Crippen molar-refractivity contribution < 1.29 is 0 Å². The fourth-order valence-corrected chi connectivity index (χ4v) is 9.12. The van der Waals surface area contributed by atoms with Crippen LogP contribution in [-0.2, 0) is 0 Å². The van der Waals surface area contributed by atoms with E-state index in [9.17, 15) is 0 Å². The van der Waals surface area contributed by atoms with Crippen LogP contribution < -0.4 is 0 Å². The van der Waals surface area contributed by atoms with Crippen LogP contribution in [0.25, 0.3) is 104 Å². The minimum absolute atomic E-state index is 0.716. The van der Waals surface area contributed by atoms with Crippen LogP contribution in [0.2, 0.25) is 0 Å². The average Bonchev–Trinajstić information content (AvgIpc) is 3.86. The van der Waals surface area contributed by atoms with Crippen LogP contribution in [0.15, 0.2) is 175 Å². The lowest BCUT2D eigenvalue weighted by atomic mass is 9.95. The predicted molar refractivity (Wildman–Crippen MR) is 221 cm³/mol. The van der Waals surface area contributed by atoms with Gasteiger partial charge in [0.1, 0.15) is 0 Å². The molecule has 0 amide bonds. The molecular formula is C48H29N3S. The van der Waals surface area contributed by atoms with E-state index in [-0.39, 0.29) is 0 Å². The van der Waals surface area contributed by atoms with Crippen molar-refractivity contribution in [3.05, 3.63) is 175 Å². The van der Waals surface area contributed by atoms with Gasteiger partial charge in [0.2, 0.25) is 0 Å². The van der Waals surface area contributed by atoms with Crippen molar-refractivity contribution in [3.8, 4) is 39.6 Å². The van der Waals surface area contributed by atoms with Gasteiger partial charge in [-0.3, -0.25) is 0 Å². The van der Waals surface area contributed by atoms with Crippen LogP contribution in [0, 0.1) is 0 Å². The monoisotopic (exact) mass is 679 g/mol. The summed E-state index contributed by atoms with van der Waals surface area (Å²) in [6, 6.07) is 60.7. The topological polar surface area (TPSA) is 30.7 Å². The Morgan fingerprint density at radius 1 is 0.385 bits per heavy atom. The van der Waals surface area contributed by atoms with Gasteiger partial charge in [0, 0.05) is 59.4 Å². The standard InChI is InChI=1S/C48H29N3S/c1-3-13-30(14-4-1)41-29-42(50-48(49-41)32-15-5-2-6-16-32)31-23-25-33(26-24-31)51-45-37-20-10-8-18-35(37)34-17-7-9-19-36(34)43(45)44-40-27-28-52-47(40)39-22-12-11-21-38(39)46(44)51/h1-29H. The third kappa shape index (κ3) is 4.31. The second kappa shape index (κ2) is 11.5. The summed E-state index contributed by atoms with van der Waals surface area (Å²) in [5.41, 5.74) is 8.49. The smallest absolute Gasteiger partial charge is 0.160 e. The lowest BCUT2D eigenvalue weighted by Crippen LogP contribution is -1.97. The summed E-state index contributed by atoms with van der Waals surface area (Å²) in [5, 5.41) is 13.8. The van der Waals surface area contributed by atoms with Crippen molar-refractivity contribution in [3.63, 3.8) is 0 Å². The predicted octanol–water partition coefficient (Wildman–Crippen LogP) is 13.2. The van der Waals surface area contributed by atoms with Gasteiger partial charge in [-0.25, -0.2) is 9.97 Å². The van der Waals surface area contributed by atoms with Crippen molar-refractivity contribution in [1.82, 2.24) is 14.5 Å². The third-order valence-electron chi connectivity index (χ3n) is 10.4. The minimum atomic E-state index is 0.716. The molecule has 0 bridgehead atoms. The highest BCUT2D eigenvalue weighted by atomic mass is 32.1. The molecule has 3 aromatic heterocycles. The molecule has 11 rings (SSSR count). The lowest BCUT2D eigenvalue weighted by molar-refractivity contribution is 1.17. The normalized spacial score (nSPS) is 11.8. The first-order chi connectivity index (χ1) is 25.8. The van der Waals surface area contributed by atoms with Crippen LogP contribution in [0.3, 0.4) is 0 Å². The molecule has 11 aromatic rings. The second-order valence-corrected chi connectivity index (χ2v) is 14.2. The molecular weight excluding hydrogens is 651 g/mol. The van der Waals surface area contributed by atoms with Gasteiger partial charge >= 0.3 is 0 Å². The Bertz CT molecular complexity index is 3100. The van der Waals surface area contributed by atoms with Crippen molar-refractivity contribution in [2.24, 2.45) is 0 Å². The molecule has 0 spiro atoms. The maximum absolute atomic E-state index is 5.12. The molecule has 3 heterocycles. The summed E-state index contributed by atoms with van der Waals surface area (Å²) < 4.78 is 3.86. The summed E-state index contributed by atoms with van der Waals surface area (Å²) in [5.74, 6) is 0.716. The van der Waals surface area contributed by atoms with Gasteiger partial charge < -0.3 is 4.57 Å². The SMILES string of the molecule is c1ccc(-c2cc(-c3ccc(-n4c5c6ccccc6c6ccccc6c5c5c6ccsc6c6ccccc6c54)cc3)nc(-c3ccccc3)n2)cc1. The molecule has 0 saturated heterocycles. The molecule has 0 aliphatic carbocycles. The highest BCUT2D eigenvalue weighted by Crippen LogP contribution is 2.48. The van der Waals surface area contributed by atoms with E-state index in [4.69, 9.17) is 9.97 Å². The van der Waals surface area contributed by atoms with E-state index < -0.39 is 0 Å². The maximum atomic E-state index is 5.12. The second-order valence-electron chi connectivity index (χ2n) is 13.3. The zero-order valence-electron chi connectivity index (χ0n) is 28.0. The van der Waals surface area contributed by atoms with E-state index in [0.29, 0.717) is 5.82 Å². The summed E-state index contributed by atoms with van der Waals surface area (Å²) in [7, 11) is 0. The fraction of sp³-hybridized carbons (Fsp3) is 0. The van der Waals surface area contributed by atoms with Gasteiger partial charge in [-0.1, -0.05) is 146 Å². The van der Waals surface area contributed by atoms with Gasteiger partial charge in [0.15, 0.2) is 5.82 Å². The van der Waals surface area contributed by atoms with E-state index >= 15 is 0 Å². The number of nitrogens with zero attached hydrogens (tertiary/aromatic N) is 3. The van der Waals surface area contributed by atoms with E-state index in [1.165, 1.54) is 64.2 Å². The first-order valence-electron chi connectivity index (χ1n) is 17.6. The highest BCUT2D eigenvalue weighted by molar-refractivity contribution is 7.18. The number of aromatic nitrogens is 3. The lowest BCUT2D eigenvalue weighted by Gasteiger charge is -2.14. The molecule has 0 unspecified atom stereocenters. The Morgan fingerprint density at radius 2 is 0.865 bits per heavy atom. The molecule has 242 valence electrons. The molecule has 8 aromatic carbocycles. The summed E-state index contributed by atoms with van der Waals surface area (Å²) in [6.45, 7) is 0. The average molecular weight is 680 g/mol. The van der Waals surface area contributed by atoms with Crippen molar-refractivity contribution in [2.45, 2.75) is 0 Å². The van der Waals surface area contributed by atoms with Gasteiger partial charge in [0.25, 0.3) is 0 Å². The molecule has 0 aliphatic heterocycles. The Labute approximate surface area is 303 Å². The number of benzene rings is 8. The Balaban J connectivity index is 1.22. The maximum Gasteiger partial charge on any atom is 0.160 e. The molecule has 0 saturated carbocycles. The van der Waals surface area contributed by atoms with Crippen LogP contribution in [-0.4, -0.2) is 14.5 Å². The van der Waals surface area contributed by atoms with Crippen molar-refractivity contribution >= 4 is 75.5 Å². The van der Waals surface area contributed by atoms with Crippen LogP contribution in [0.1, 0.15) is 0 Å². The zero-order valence-corrected chi connectivity index (χ0v) is 28.8. The summed E-state index contributed by atoms with van der Waals surface area (Å²) >= 11 is 1.83. The van der Waals surface area contributed by atoms with Crippen LogP contribution >= 0.6 is 11.3 Å². The number of rotatable bonds is 4. The van der Waals surface area contributed by atoms with Gasteiger partial charge in [0.05, 0.1) is 22.4 Å². The molecule has 0 atom stereocenters. The Morgan fingerprint density at radius 3 is 1.52 bits per heavy atom. The Kier molecular flexibility index (Phi) is 6.42. The molecule has 4 heteroatoms. The quantitative estimate of drug-likeness (QED) is 0.173. The first kappa shape index (κ1) is 29.1. The van der Waals surface area contributed by atoms with E-state index in [2.05, 4.69) is 156 Å². The van der Waals surface area contributed by atoms with Crippen molar-refractivity contribution in [2.75, 3.05) is 0 Å². The zero-order chi connectivity index (χ0) is 34.2. The summed E-state index contributed by atoms with van der Waals surface area (Å²) in [6.07, 6.45) is 0. The Hall–Kier alpha value is -6.62. The van der Waals surface area contributed by atoms with Crippen LogP contribution in [0.4, 0.5) is 0 Å². The number of thiophene rings is 1. The van der Waals surface area contributed by atoms with Gasteiger partial charge in [-0.05, 0) is 45.8 Å². The highest BCUT2D eigenvalue weighted by Gasteiger charge is 2.23. The van der Waals surface area contributed by atoms with Crippen molar-refractivity contribution in [1.29, 1.82) is 0 Å². The van der Waals surface area contributed by atoms with E-state index in [1.54, 1.807) is 0 Å². The number of hydrogen-bond donors (Lipinski definition) is 0. The van der Waals surface area contributed by atoms with Gasteiger partial charge in [-0.15, -0.1) is 11.3 Å². The molecule has 3 nitrogen and oxygen atoms in total. The number of hydrogen-bond acceptors (Lipinski definition) is 3. The largest absolute Gasteiger partial charge is 0.308 e. The van der Waals surface area contributed by atoms with Gasteiger partial charge in [-0.2, -0.15) is 0 Å². The van der Waals surface area contributed by atoms with E-state index in [1.807, 2.05) is 35.6 Å². The molecule has 52 heavy (non-hydrogen) atoms. The van der Waals surface area contributed by atoms with Crippen LogP contribution in [0.5, 0.6) is 0 Å². The molecule has 0 N–H and O–H groups in total. The summed E-state index contributed by atoms with van der Waals surface area (Å²) in [4.78, 5) is 10.1. The fourth-order valence-electron chi connectivity index (χ4n) is 8.18. The third-order valence-corrected chi connectivity index (χ3v) is 11.4. The molecule has 0 radical (unpaired) electrons. The molecule has 0 fully saturated rings.